The summed E-state index contributed by atoms with van der Waals surface area (Å²) in [5, 5.41) is 2.66. The van der Waals surface area contributed by atoms with Crippen LogP contribution < -0.4 is 10.1 Å². The van der Waals surface area contributed by atoms with Gasteiger partial charge in [-0.2, -0.15) is 4.31 Å². The van der Waals surface area contributed by atoms with E-state index in [1.54, 1.807) is 12.1 Å². The summed E-state index contributed by atoms with van der Waals surface area (Å²) in [6, 6.07) is 14.1. The number of aryl methyl sites for hydroxylation is 2. The molecule has 2 rings (SSSR count). The van der Waals surface area contributed by atoms with Crippen LogP contribution in [-0.4, -0.2) is 45.4 Å². The second-order valence-electron chi connectivity index (χ2n) is 6.09. The summed E-state index contributed by atoms with van der Waals surface area (Å²) in [7, 11) is -2.30. The third-order valence-electron chi connectivity index (χ3n) is 3.81. The molecule has 1 N–H and O–H groups in total. The first kappa shape index (κ1) is 19.9. The van der Waals surface area contributed by atoms with E-state index in [0.717, 1.165) is 21.2 Å². The van der Waals surface area contributed by atoms with Gasteiger partial charge in [-0.1, -0.05) is 35.4 Å². The van der Waals surface area contributed by atoms with Gasteiger partial charge in [-0.05, 0) is 38.1 Å². The fraction of sp³-hybridized carbons (Fsp3) is 0.316. The van der Waals surface area contributed by atoms with Crippen molar-refractivity contribution < 1.29 is 17.9 Å². The molecule has 0 bridgehead atoms. The van der Waals surface area contributed by atoms with Crippen molar-refractivity contribution in [3.05, 3.63) is 59.7 Å². The minimum Gasteiger partial charge on any atom is -0.492 e. The Bertz CT molecular complexity index is 831. The zero-order valence-electron chi connectivity index (χ0n) is 15.2. The molecular weight excluding hydrogens is 352 g/mol. The molecule has 2 aromatic rings. The van der Waals surface area contributed by atoms with Crippen LogP contribution in [-0.2, 0) is 14.8 Å². The first-order valence-corrected chi connectivity index (χ1v) is 9.72. The molecule has 0 unspecified atom stereocenters. The predicted molar refractivity (Wildman–Crippen MR) is 101 cm³/mol. The molecule has 0 fully saturated rings. The van der Waals surface area contributed by atoms with E-state index in [9.17, 15) is 13.2 Å². The number of nitrogens with one attached hydrogen (secondary N) is 1. The standard InChI is InChI=1S/C19H24N2O4S/c1-15-4-8-17(9-5-15)25-13-12-20-19(22)14-21(3)26(23,24)18-10-6-16(2)7-11-18/h4-11H,12-14H2,1-3H3,(H,20,22). The van der Waals surface area contributed by atoms with Crippen molar-refractivity contribution in [2.75, 3.05) is 26.7 Å². The first-order valence-electron chi connectivity index (χ1n) is 8.28. The zero-order valence-corrected chi connectivity index (χ0v) is 16.0. The molecule has 1 amide bonds. The summed E-state index contributed by atoms with van der Waals surface area (Å²) in [6.45, 7) is 4.23. The molecule has 26 heavy (non-hydrogen) atoms. The van der Waals surface area contributed by atoms with Crippen LogP contribution in [0.2, 0.25) is 0 Å². The van der Waals surface area contributed by atoms with E-state index in [2.05, 4.69) is 5.32 Å². The van der Waals surface area contributed by atoms with E-state index < -0.39 is 10.0 Å². The van der Waals surface area contributed by atoms with E-state index in [1.165, 1.54) is 19.2 Å². The quantitative estimate of drug-likeness (QED) is 0.716. The van der Waals surface area contributed by atoms with Crippen LogP contribution in [0.4, 0.5) is 0 Å². The van der Waals surface area contributed by atoms with Crippen molar-refractivity contribution in [2.45, 2.75) is 18.7 Å². The van der Waals surface area contributed by atoms with Gasteiger partial charge in [-0.25, -0.2) is 8.42 Å². The lowest BCUT2D eigenvalue weighted by molar-refractivity contribution is -0.121. The molecule has 0 aliphatic carbocycles. The van der Waals surface area contributed by atoms with E-state index in [0.29, 0.717) is 13.2 Å². The minimum absolute atomic E-state index is 0.168. The Hall–Kier alpha value is -2.38. The van der Waals surface area contributed by atoms with Crippen molar-refractivity contribution in [2.24, 2.45) is 0 Å². The van der Waals surface area contributed by atoms with Gasteiger partial charge in [-0.3, -0.25) is 4.79 Å². The van der Waals surface area contributed by atoms with Crippen LogP contribution in [0.15, 0.2) is 53.4 Å². The molecule has 0 heterocycles. The second-order valence-corrected chi connectivity index (χ2v) is 8.13. The van der Waals surface area contributed by atoms with Crippen LogP contribution in [0.25, 0.3) is 0 Å². The Kier molecular flexibility index (Phi) is 6.76. The lowest BCUT2D eigenvalue weighted by atomic mass is 10.2. The van der Waals surface area contributed by atoms with Crippen LogP contribution in [0.5, 0.6) is 5.75 Å². The predicted octanol–water partition coefficient (Wildman–Crippen LogP) is 2.12. The highest BCUT2D eigenvalue weighted by Gasteiger charge is 2.22. The number of benzene rings is 2. The van der Waals surface area contributed by atoms with Gasteiger partial charge >= 0.3 is 0 Å². The van der Waals surface area contributed by atoms with Crippen LogP contribution >= 0.6 is 0 Å². The normalized spacial score (nSPS) is 11.4. The fourth-order valence-electron chi connectivity index (χ4n) is 2.23. The Balaban J connectivity index is 1.79. The monoisotopic (exact) mass is 376 g/mol. The number of carbonyl (C=O) groups is 1. The SMILES string of the molecule is Cc1ccc(OCCNC(=O)CN(C)S(=O)(=O)c2ccc(C)cc2)cc1. The summed E-state index contributed by atoms with van der Waals surface area (Å²) >= 11 is 0. The van der Waals surface area contributed by atoms with Gasteiger partial charge in [0, 0.05) is 7.05 Å². The highest BCUT2D eigenvalue weighted by atomic mass is 32.2. The van der Waals surface area contributed by atoms with Crippen molar-refractivity contribution >= 4 is 15.9 Å². The van der Waals surface area contributed by atoms with Gasteiger partial charge in [0.05, 0.1) is 18.0 Å². The Labute approximate surface area is 154 Å². The number of hydrogen-bond acceptors (Lipinski definition) is 4. The zero-order chi connectivity index (χ0) is 19.2. The molecule has 0 saturated carbocycles. The lowest BCUT2D eigenvalue weighted by Crippen LogP contribution is -2.39. The van der Waals surface area contributed by atoms with Gasteiger partial charge in [0.15, 0.2) is 0 Å². The highest BCUT2D eigenvalue weighted by Crippen LogP contribution is 2.14. The Morgan fingerprint density at radius 3 is 2.12 bits per heavy atom. The second kappa shape index (κ2) is 8.82. The molecule has 6 nitrogen and oxygen atoms in total. The van der Waals surface area contributed by atoms with Gasteiger partial charge in [-0.15, -0.1) is 0 Å². The summed E-state index contributed by atoms with van der Waals surface area (Å²) in [4.78, 5) is 12.1. The van der Waals surface area contributed by atoms with Gasteiger partial charge in [0.2, 0.25) is 15.9 Å². The third kappa shape index (κ3) is 5.57. The topological polar surface area (TPSA) is 75.7 Å². The number of carbonyl (C=O) groups excluding carboxylic acids is 1. The van der Waals surface area contributed by atoms with Gasteiger partial charge < -0.3 is 10.1 Å². The van der Waals surface area contributed by atoms with E-state index in [1.807, 2.05) is 38.1 Å². The molecule has 0 aliphatic heterocycles. The molecular formula is C19H24N2O4S. The summed E-state index contributed by atoms with van der Waals surface area (Å²) in [5.41, 5.74) is 2.11. The third-order valence-corrected chi connectivity index (χ3v) is 5.63. The molecule has 0 radical (unpaired) electrons. The summed E-state index contributed by atoms with van der Waals surface area (Å²) in [5.74, 6) is 0.347. The maximum Gasteiger partial charge on any atom is 0.243 e. The average molecular weight is 376 g/mol. The number of sulfonamides is 1. The number of hydrogen-bond donors (Lipinski definition) is 1. The smallest absolute Gasteiger partial charge is 0.243 e. The molecule has 0 saturated heterocycles. The number of rotatable bonds is 8. The number of amides is 1. The average Bonchev–Trinajstić information content (AvgIpc) is 2.60. The van der Waals surface area contributed by atoms with E-state index in [4.69, 9.17) is 4.74 Å². The molecule has 7 heteroatoms. The maximum atomic E-state index is 12.4. The number of likely N-dealkylation sites (N-methyl/N-ethyl adjacent to an activating group) is 1. The van der Waals surface area contributed by atoms with Crippen LogP contribution in [0.3, 0.4) is 0 Å². The molecule has 0 aliphatic rings. The first-order chi connectivity index (χ1) is 12.3. The lowest BCUT2D eigenvalue weighted by Gasteiger charge is -2.17. The van der Waals surface area contributed by atoms with Gasteiger partial charge in [0.25, 0.3) is 0 Å². The minimum atomic E-state index is -3.69. The largest absolute Gasteiger partial charge is 0.492 e. The summed E-state index contributed by atoms with van der Waals surface area (Å²) in [6.07, 6.45) is 0. The van der Waals surface area contributed by atoms with E-state index in [-0.39, 0.29) is 17.3 Å². The molecule has 140 valence electrons. The van der Waals surface area contributed by atoms with Crippen molar-refractivity contribution in [1.29, 1.82) is 0 Å². The highest BCUT2D eigenvalue weighted by molar-refractivity contribution is 7.89. The fourth-order valence-corrected chi connectivity index (χ4v) is 3.35. The van der Waals surface area contributed by atoms with Crippen molar-refractivity contribution in [3.8, 4) is 5.75 Å². The van der Waals surface area contributed by atoms with Crippen molar-refractivity contribution in [1.82, 2.24) is 9.62 Å². The number of ether oxygens (including phenoxy) is 1. The van der Waals surface area contributed by atoms with Gasteiger partial charge in [0.1, 0.15) is 12.4 Å². The maximum absolute atomic E-state index is 12.4. The Morgan fingerprint density at radius 2 is 1.54 bits per heavy atom. The van der Waals surface area contributed by atoms with Crippen molar-refractivity contribution in [3.63, 3.8) is 0 Å². The summed E-state index contributed by atoms with van der Waals surface area (Å²) < 4.78 is 31.4. The van der Waals surface area contributed by atoms with Crippen LogP contribution in [0, 0.1) is 13.8 Å². The molecule has 2 aromatic carbocycles. The van der Waals surface area contributed by atoms with E-state index >= 15 is 0 Å². The molecule has 0 aromatic heterocycles. The molecule has 0 atom stereocenters. The Morgan fingerprint density at radius 1 is 1.00 bits per heavy atom. The van der Waals surface area contributed by atoms with Crippen LogP contribution in [0.1, 0.15) is 11.1 Å². The number of nitrogens with zero attached hydrogens (tertiary/aromatic N) is 1. The molecule has 0 spiro atoms.